The van der Waals surface area contributed by atoms with Crippen molar-refractivity contribution >= 4 is 23.2 Å². The Labute approximate surface area is 171 Å². The predicted molar refractivity (Wildman–Crippen MR) is 107 cm³/mol. The molecule has 0 atom stereocenters. The molecular weight excluding hydrogens is 399 g/mol. The maximum Gasteiger partial charge on any atom is 0.279 e. The predicted octanol–water partition coefficient (Wildman–Crippen LogP) is 3.55. The lowest BCUT2D eigenvalue weighted by molar-refractivity contribution is 0.389. The van der Waals surface area contributed by atoms with Crippen LogP contribution in [-0.2, 0) is 13.6 Å². The highest BCUT2D eigenvalue weighted by molar-refractivity contribution is 6.39. The van der Waals surface area contributed by atoms with Gasteiger partial charge in [0.15, 0.2) is 0 Å². The second-order valence-corrected chi connectivity index (χ2v) is 6.74. The number of benzene rings is 1. The number of nitriles is 1. The van der Waals surface area contributed by atoms with E-state index in [1.807, 2.05) is 6.07 Å². The first-order valence-electron chi connectivity index (χ1n) is 8.13. The van der Waals surface area contributed by atoms with Gasteiger partial charge in [0.1, 0.15) is 11.6 Å². The molecule has 1 N–H and O–H groups in total. The molecule has 0 spiro atoms. The van der Waals surface area contributed by atoms with Crippen molar-refractivity contribution in [3.63, 3.8) is 0 Å². The summed E-state index contributed by atoms with van der Waals surface area (Å²) in [6.45, 7) is 1.79. The maximum atomic E-state index is 13.0. The number of rotatable bonds is 3. The zero-order valence-electron chi connectivity index (χ0n) is 15.0. The average molecular weight is 413 g/mol. The van der Waals surface area contributed by atoms with Gasteiger partial charge in [0.05, 0.1) is 27.8 Å². The van der Waals surface area contributed by atoms with Crippen molar-refractivity contribution in [3.8, 4) is 34.9 Å². The Balaban J connectivity index is 2.12. The molecule has 0 saturated heterocycles. The average Bonchev–Trinajstić information content (AvgIpc) is 2.86. The molecule has 0 saturated carbocycles. The first kappa shape index (κ1) is 19.6. The number of hydrogen-bond donors (Lipinski definition) is 1. The summed E-state index contributed by atoms with van der Waals surface area (Å²) >= 11 is 12.7. The van der Waals surface area contributed by atoms with E-state index in [4.69, 9.17) is 28.5 Å². The molecule has 1 aromatic carbocycles. The molecule has 28 heavy (non-hydrogen) atoms. The molecule has 0 fully saturated rings. The van der Waals surface area contributed by atoms with Crippen LogP contribution < -0.4 is 5.56 Å². The molecule has 8 heteroatoms. The molecular formula is C20H14Cl2N4O2. The van der Waals surface area contributed by atoms with Gasteiger partial charge < -0.3 is 5.11 Å². The van der Waals surface area contributed by atoms with Gasteiger partial charge in [-0.05, 0) is 31.2 Å². The molecule has 0 aliphatic carbocycles. The summed E-state index contributed by atoms with van der Waals surface area (Å²) in [5.41, 5.74) is 1.36. The van der Waals surface area contributed by atoms with Crippen LogP contribution in [0.2, 0.25) is 10.0 Å². The van der Waals surface area contributed by atoms with Crippen molar-refractivity contribution in [1.29, 1.82) is 5.26 Å². The molecule has 0 unspecified atom stereocenters. The van der Waals surface area contributed by atoms with Gasteiger partial charge in [-0.2, -0.15) is 5.26 Å². The monoisotopic (exact) mass is 412 g/mol. The summed E-state index contributed by atoms with van der Waals surface area (Å²) in [6, 6.07) is 8.43. The van der Waals surface area contributed by atoms with Gasteiger partial charge >= 0.3 is 0 Å². The highest BCUT2D eigenvalue weighted by Gasteiger charge is 2.24. The minimum Gasteiger partial charge on any atom is -0.493 e. The van der Waals surface area contributed by atoms with Crippen LogP contribution in [0.1, 0.15) is 23.7 Å². The fraction of sp³-hybridized carbons (Fsp3) is 0.150. The summed E-state index contributed by atoms with van der Waals surface area (Å²) in [5.74, 6) is 5.34. The summed E-state index contributed by atoms with van der Waals surface area (Å²) in [5, 5.41) is 19.9. The highest BCUT2D eigenvalue weighted by atomic mass is 35.5. The van der Waals surface area contributed by atoms with Gasteiger partial charge in [0, 0.05) is 24.4 Å². The zero-order chi connectivity index (χ0) is 20.4. The van der Waals surface area contributed by atoms with Crippen LogP contribution >= 0.6 is 23.2 Å². The molecule has 140 valence electrons. The SMILES string of the molecule is CC#Cc1cc(Cl)c(-c2c(O)n(C)n(Cc3ccc(C#N)cn3)c2=O)c(Cl)c1. The maximum absolute atomic E-state index is 13.0. The summed E-state index contributed by atoms with van der Waals surface area (Å²) in [7, 11) is 1.54. The van der Waals surface area contributed by atoms with E-state index in [2.05, 4.69) is 16.8 Å². The number of pyridine rings is 1. The Morgan fingerprint density at radius 1 is 1.18 bits per heavy atom. The van der Waals surface area contributed by atoms with Crippen LogP contribution in [0.15, 0.2) is 35.3 Å². The Morgan fingerprint density at radius 2 is 1.86 bits per heavy atom. The van der Waals surface area contributed by atoms with Crippen molar-refractivity contribution in [2.45, 2.75) is 13.5 Å². The van der Waals surface area contributed by atoms with Gasteiger partial charge in [-0.1, -0.05) is 29.1 Å². The lowest BCUT2D eigenvalue weighted by Gasteiger charge is -2.07. The molecule has 3 rings (SSSR count). The van der Waals surface area contributed by atoms with E-state index in [1.165, 1.54) is 15.6 Å². The van der Waals surface area contributed by atoms with E-state index in [9.17, 15) is 9.90 Å². The summed E-state index contributed by atoms with van der Waals surface area (Å²) in [6.07, 6.45) is 1.42. The lowest BCUT2D eigenvalue weighted by atomic mass is 10.1. The molecule has 0 amide bonds. The zero-order valence-corrected chi connectivity index (χ0v) is 16.5. The number of aromatic hydroxyl groups is 1. The van der Waals surface area contributed by atoms with E-state index in [0.29, 0.717) is 16.8 Å². The van der Waals surface area contributed by atoms with Gasteiger partial charge in [-0.25, -0.2) is 4.68 Å². The van der Waals surface area contributed by atoms with Crippen molar-refractivity contribution in [2.24, 2.45) is 7.05 Å². The van der Waals surface area contributed by atoms with Crippen molar-refractivity contribution in [3.05, 3.63) is 67.7 Å². The molecule has 0 bridgehead atoms. The van der Waals surface area contributed by atoms with Crippen LogP contribution in [0.4, 0.5) is 0 Å². The van der Waals surface area contributed by atoms with Gasteiger partial charge in [0.2, 0.25) is 5.88 Å². The normalized spacial score (nSPS) is 10.2. The molecule has 3 aromatic rings. The molecule has 2 aromatic heterocycles. The van der Waals surface area contributed by atoms with Gasteiger partial charge in [0.25, 0.3) is 5.56 Å². The van der Waals surface area contributed by atoms with Crippen molar-refractivity contribution < 1.29 is 5.11 Å². The lowest BCUT2D eigenvalue weighted by Crippen LogP contribution is -2.23. The van der Waals surface area contributed by atoms with Crippen molar-refractivity contribution in [1.82, 2.24) is 14.3 Å². The van der Waals surface area contributed by atoms with E-state index in [0.717, 1.165) is 0 Å². The summed E-state index contributed by atoms with van der Waals surface area (Å²) in [4.78, 5) is 17.2. The fourth-order valence-electron chi connectivity index (χ4n) is 2.80. The minimum atomic E-state index is -0.468. The number of hydrogen-bond acceptors (Lipinski definition) is 4. The van der Waals surface area contributed by atoms with Crippen LogP contribution in [0.5, 0.6) is 5.88 Å². The Bertz CT molecular complexity index is 1200. The van der Waals surface area contributed by atoms with Crippen molar-refractivity contribution in [2.75, 3.05) is 0 Å². The fourth-order valence-corrected chi connectivity index (χ4v) is 3.48. The molecule has 0 aliphatic heterocycles. The number of nitrogens with zero attached hydrogens (tertiary/aromatic N) is 4. The third-order valence-electron chi connectivity index (χ3n) is 4.17. The summed E-state index contributed by atoms with van der Waals surface area (Å²) < 4.78 is 2.62. The third kappa shape index (κ3) is 3.48. The van der Waals surface area contributed by atoms with Gasteiger partial charge in [-0.15, -0.1) is 5.92 Å². The Hall–Kier alpha value is -3.19. The molecule has 0 aliphatic rings. The standard InChI is InChI=1S/C20H14Cl2N4O2/c1-3-4-12-7-15(21)17(16(22)8-12)18-19(27)25(2)26(20(18)28)11-14-6-5-13(9-23)10-24-14/h5-8,10,27H,11H2,1-2H3. The molecule has 0 radical (unpaired) electrons. The van der Waals surface area contributed by atoms with Crippen LogP contribution in [0, 0.1) is 23.2 Å². The molecule has 6 nitrogen and oxygen atoms in total. The van der Waals surface area contributed by atoms with Crippen LogP contribution in [0.25, 0.3) is 11.1 Å². The highest BCUT2D eigenvalue weighted by Crippen LogP contribution is 2.38. The molecule has 2 heterocycles. The second-order valence-electron chi connectivity index (χ2n) is 5.92. The largest absolute Gasteiger partial charge is 0.493 e. The first-order valence-corrected chi connectivity index (χ1v) is 8.89. The van der Waals surface area contributed by atoms with E-state index in [1.54, 1.807) is 38.2 Å². The van der Waals surface area contributed by atoms with E-state index < -0.39 is 5.56 Å². The van der Waals surface area contributed by atoms with E-state index in [-0.39, 0.29) is 33.6 Å². The van der Waals surface area contributed by atoms with Crippen LogP contribution in [-0.4, -0.2) is 19.5 Å². The topological polar surface area (TPSA) is 83.8 Å². The van der Waals surface area contributed by atoms with E-state index >= 15 is 0 Å². The Morgan fingerprint density at radius 3 is 2.39 bits per heavy atom. The van der Waals surface area contributed by atoms with Gasteiger partial charge in [-0.3, -0.25) is 14.5 Å². The van der Waals surface area contributed by atoms with Crippen LogP contribution in [0.3, 0.4) is 0 Å². The Kier molecular flexibility index (Phi) is 5.46. The number of halogens is 2. The number of aromatic nitrogens is 3. The minimum absolute atomic E-state index is 0.00199. The quantitative estimate of drug-likeness (QED) is 0.666. The third-order valence-corrected chi connectivity index (χ3v) is 4.76. The smallest absolute Gasteiger partial charge is 0.279 e. The first-order chi connectivity index (χ1) is 13.4. The second kappa shape index (κ2) is 7.82.